The number of aromatic nitrogens is 3. The summed E-state index contributed by atoms with van der Waals surface area (Å²) in [5.74, 6) is -1.22. The predicted octanol–water partition coefficient (Wildman–Crippen LogP) is 5.90. The normalized spacial score (nSPS) is 12.4. The molecule has 3 heterocycles. The SMILES string of the molecule is CCc1c(-c2nc3c(NC(C)c4cc(C#N)ccc4F)c(Cl)c(C)nc3cc2F)cnc(P(=O)(O)O)c1CC. The van der Waals surface area contributed by atoms with E-state index in [4.69, 9.17) is 11.6 Å². The van der Waals surface area contributed by atoms with Gasteiger partial charge in [0.25, 0.3) is 0 Å². The molecule has 3 aromatic heterocycles. The summed E-state index contributed by atoms with van der Waals surface area (Å²) in [4.78, 5) is 32.5. The number of nitriles is 1. The van der Waals surface area contributed by atoms with Crippen molar-refractivity contribution in [2.75, 3.05) is 5.32 Å². The third-order valence-electron chi connectivity index (χ3n) is 6.48. The Morgan fingerprint density at radius 1 is 1.13 bits per heavy atom. The number of hydrogen-bond acceptors (Lipinski definition) is 6. The van der Waals surface area contributed by atoms with Gasteiger partial charge in [-0.1, -0.05) is 25.4 Å². The zero-order valence-corrected chi connectivity index (χ0v) is 23.2. The Morgan fingerprint density at radius 2 is 1.82 bits per heavy atom. The number of halogens is 3. The number of anilines is 1. The van der Waals surface area contributed by atoms with Crippen molar-refractivity contribution in [2.24, 2.45) is 0 Å². The summed E-state index contributed by atoms with van der Waals surface area (Å²) >= 11 is 6.61. The Hall–Kier alpha value is -3.48. The molecule has 0 saturated carbocycles. The van der Waals surface area contributed by atoms with Gasteiger partial charge in [-0.15, -0.1) is 0 Å². The molecular formula is C27H25ClF2N5O3P. The predicted molar refractivity (Wildman–Crippen MR) is 146 cm³/mol. The molecule has 12 heteroatoms. The molecule has 0 aliphatic heterocycles. The molecule has 4 aromatic rings. The van der Waals surface area contributed by atoms with Gasteiger partial charge in [-0.2, -0.15) is 5.26 Å². The van der Waals surface area contributed by atoms with Crippen molar-refractivity contribution in [2.45, 2.75) is 46.6 Å². The number of nitrogens with zero attached hydrogens (tertiary/aromatic N) is 4. The summed E-state index contributed by atoms with van der Waals surface area (Å²) < 4.78 is 42.2. The molecule has 0 amide bonds. The van der Waals surface area contributed by atoms with Gasteiger partial charge in [-0.3, -0.25) is 4.57 Å². The highest BCUT2D eigenvalue weighted by molar-refractivity contribution is 7.60. The molecule has 0 saturated heterocycles. The molecule has 0 radical (unpaired) electrons. The second-order valence-electron chi connectivity index (χ2n) is 8.99. The van der Waals surface area contributed by atoms with E-state index in [1.54, 1.807) is 27.7 Å². The summed E-state index contributed by atoms with van der Waals surface area (Å²) in [6, 6.07) is 6.56. The van der Waals surface area contributed by atoms with Crippen molar-refractivity contribution in [3.63, 3.8) is 0 Å². The molecule has 0 aliphatic carbocycles. The molecule has 8 nitrogen and oxygen atoms in total. The maximum atomic E-state index is 15.5. The van der Waals surface area contributed by atoms with Crippen LogP contribution >= 0.6 is 19.2 Å². The van der Waals surface area contributed by atoms with E-state index in [0.717, 1.165) is 0 Å². The molecule has 0 fully saturated rings. The highest BCUT2D eigenvalue weighted by Crippen LogP contribution is 2.39. The standard InChI is InChI=1S/C27H25ClF2N5O3P/c1-5-16-17(6-2)27(39(36,37)38)32-12-19(16)24-21(30)10-22-25(35-24)26(23(28)14(4)33-22)34-13(3)18-9-15(11-31)7-8-20(18)29/h7-10,12-13H,5-6H2,1-4H3,(H,33,34)(H2,36,37,38). The minimum absolute atomic E-state index is 0.0890. The Balaban J connectivity index is 1.94. The van der Waals surface area contributed by atoms with E-state index in [9.17, 15) is 24.0 Å². The average Bonchev–Trinajstić information content (AvgIpc) is 2.89. The molecule has 0 aliphatic rings. The lowest BCUT2D eigenvalue weighted by Crippen LogP contribution is -2.18. The Kier molecular flexibility index (Phi) is 8.01. The summed E-state index contributed by atoms with van der Waals surface area (Å²) in [6.45, 7) is 6.86. The molecule has 1 aromatic carbocycles. The van der Waals surface area contributed by atoms with Crippen molar-refractivity contribution in [1.82, 2.24) is 15.0 Å². The van der Waals surface area contributed by atoms with Crippen LogP contribution in [-0.2, 0) is 17.4 Å². The third-order valence-corrected chi connectivity index (χ3v) is 7.88. The highest BCUT2D eigenvalue weighted by Gasteiger charge is 2.28. The van der Waals surface area contributed by atoms with E-state index in [1.807, 2.05) is 6.07 Å². The van der Waals surface area contributed by atoms with E-state index in [-0.39, 0.29) is 50.3 Å². The lowest BCUT2D eigenvalue weighted by atomic mass is 9.97. The maximum Gasteiger partial charge on any atom is 0.374 e. The number of rotatable bonds is 7. The van der Waals surface area contributed by atoms with Gasteiger partial charge >= 0.3 is 7.60 Å². The van der Waals surface area contributed by atoms with E-state index in [1.165, 1.54) is 30.5 Å². The number of nitrogens with one attached hydrogen (secondary N) is 1. The largest absolute Gasteiger partial charge is 0.375 e. The summed E-state index contributed by atoms with van der Waals surface area (Å²) in [7, 11) is -4.66. The fourth-order valence-corrected chi connectivity index (χ4v) is 5.67. The fraction of sp³-hybridized carbons (Fsp3) is 0.259. The first-order valence-corrected chi connectivity index (χ1v) is 14.1. The number of fused-ring (bicyclic) bond motifs is 1. The van der Waals surface area contributed by atoms with Gasteiger partial charge in [-0.05, 0) is 56.0 Å². The molecule has 1 atom stereocenters. The Labute approximate surface area is 228 Å². The minimum Gasteiger partial charge on any atom is -0.375 e. The topological polar surface area (TPSA) is 132 Å². The number of aryl methyl sites for hydroxylation is 1. The van der Waals surface area contributed by atoms with Crippen LogP contribution in [0.25, 0.3) is 22.3 Å². The second-order valence-corrected chi connectivity index (χ2v) is 10.9. The van der Waals surface area contributed by atoms with Crippen LogP contribution in [0.1, 0.15) is 54.8 Å². The average molecular weight is 572 g/mol. The Morgan fingerprint density at radius 3 is 2.44 bits per heavy atom. The molecule has 0 spiro atoms. The first-order valence-electron chi connectivity index (χ1n) is 12.1. The molecular weight excluding hydrogens is 547 g/mol. The monoisotopic (exact) mass is 571 g/mol. The quantitative estimate of drug-likeness (QED) is 0.233. The van der Waals surface area contributed by atoms with Gasteiger partial charge in [0, 0.05) is 23.4 Å². The second kappa shape index (κ2) is 10.9. The van der Waals surface area contributed by atoms with Gasteiger partial charge in [0.2, 0.25) is 0 Å². The van der Waals surface area contributed by atoms with Gasteiger partial charge < -0.3 is 15.1 Å². The van der Waals surface area contributed by atoms with Crippen molar-refractivity contribution < 1.29 is 23.1 Å². The molecule has 3 N–H and O–H groups in total. The van der Waals surface area contributed by atoms with Crippen molar-refractivity contribution in [3.8, 4) is 17.3 Å². The molecule has 39 heavy (non-hydrogen) atoms. The number of hydrogen-bond donors (Lipinski definition) is 3. The molecule has 1 unspecified atom stereocenters. The molecule has 0 bridgehead atoms. The van der Waals surface area contributed by atoms with E-state index < -0.39 is 25.3 Å². The van der Waals surface area contributed by atoms with E-state index >= 15 is 4.39 Å². The van der Waals surface area contributed by atoms with Crippen LogP contribution in [0.3, 0.4) is 0 Å². The first kappa shape index (κ1) is 28.5. The highest BCUT2D eigenvalue weighted by atomic mass is 35.5. The van der Waals surface area contributed by atoms with Crippen molar-refractivity contribution in [1.29, 1.82) is 5.26 Å². The van der Waals surface area contributed by atoms with Crippen LogP contribution in [0.15, 0.2) is 30.5 Å². The van der Waals surface area contributed by atoms with E-state index in [0.29, 0.717) is 28.9 Å². The lowest BCUT2D eigenvalue weighted by molar-refractivity contribution is 0.386. The van der Waals surface area contributed by atoms with Crippen LogP contribution in [0.4, 0.5) is 14.5 Å². The van der Waals surface area contributed by atoms with Crippen molar-refractivity contribution in [3.05, 3.63) is 75.1 Å². The van der Waals surface area contributed by atoms with Gasteiger partial charge in [0.15, 0.2) is 11.3 Å². The van der Waals surface area contributed by atoms with Gasteiger partial charge in [0.1, 0.15) is 17.0 Å². The smallest absolute Gasteiger partial charge is 0.374 e. The van der Waals surface area contributed by atoms with Crippen LogP contribution in [0.2, 0.25) is 5.02 Å². The van der Waals surface area contributed by atoms with Crippen LogP contribution in [0.5, 0.6) is 0 Å². The zero-order chi connectivity index (χ0) is 28.6. The minimum atomic E-state index is -4.66. The lowest BCUT2D eigenvalue weighted by Gasteiger charge is -2.21. The fourth-order valence-electron chi connectivity index (χ4n) is 4.63. The zero-order valence-electron chi connectivity index (χ0n) is 21.6. The summed E-state index contributed by atoms with van der Waals surface area (Å²) in [6.07, 6.45) is 1.83. The molecule has 202 valence electrons. The maximum absolute atomic E-state index is 15.5. The number of benzene rings is 1. The van der Waals surface area contributed by atoms with E-state index in [2.05, 4.69) is 20.3 Å². The Bertz CT molecular complexity index is 1700. The molecule has 4 rings (SSSR count). The third kappa shape index (κ3) is 5.36. The number of pyridine rings is 3. The van der Waals surface area contributed by atoms with Crippen LogP contribution in [-0.4, -0.2) is 24.7 Å². The first-order chi connectivity index (χ1) is 18.4. The summed E-state index contributed by atoms with van der Waals surface area (Å²) in [5, 5.41) is 12.6. The summed E-state index contributed by atoms with van der Waals surface area (Å²) in [5.41, 5.74) is 2.33. The van der Waals surface area contributed by atoms with Gasteiger partial charge in [0.05, 0.1) is 39.6 Å². The van der Waals surface area contributed by atoms with Crippen LogP contribution in [0, 0.1) is 29.9 Å². The van der Waals surface area contributed by atoms with Gasteiger partial charge in [-0.25, -0.2) is 23.7 Å². The van der Waals surface area contributed by atoms with Crippen molar-refractivity contribution >= 4 is 41.4 Å². The van der Waals surface area contributed by atoms with Crippen LogP contribution < -0.4 is 10.8 Å².